The Hall–Kier alpha value is -1.55. The van der Waals surface area contributed by atoms with Crippen LogP contribution in [0.5, 0.6) is 11.5 Å². The molecule has 0 heterocycles. The van der Waals surface area contributed by atoms with E-state index in [1.54, 1.807) is 0 Å². The predicted octanol–water partition coefficient (Wildman–Crippen LogP) is 0.678. The van der Waals surface area contributed by atoms with Crippen molar-refractivity contribution in [2.24, 2.45) is 0 Å². The average Bonchev–Trinajstić information content (AvgIpc) is 2.08. The average molecular weight is 182 g/mol. The lowest BCUT2D eigenvalue weighted by atomic mass is 10.3. The molecule has 0 aliphatic rings. The Balaban J connectivity index is 2.65. The summed E-state index contributed by atoms with van der Waals surface area (Å²) in [6, 6.07) is 5.67. The maximum Gasteiger partial charge on any atom is 0.340 e. The van der Waals surface area contributed by atoms with Crippen LogP contribution in [0, 0.1) is 0 Å². The van der Waals surface area contributed by atoms with Crippen molar-refractivity contribution in [1.82, 2.24) is 0 Å². The standard InChI is InChI=1S/C9H10O4/c1-6(10)9(12)13-8-4-2-7(11)3-5-8/h2-6,10-11H,1H3/t6-/m0/s1. The van der Waals surface area contributed by atoms with E-state index in [4.69, 9.17) is 14.9 Å². The van der Waals surface area contributed by atoms with Gasteiger partial charge in [0.25, 0.3) is 0 Å². The van der Waals surface area contributed by atoms with Crippen molar-refractivity contribution in [3.05, 3.63) is 24.3 Å². The number of hydrogen-bond donors (Lipinski definition) is 2. The van der Waals surface area contributed by atoms with Crippen LogP contribution in [0.1, 0.15) is 6.92 Å². The van der Waals surface area contributed by atoms with Gasteiger partial charge in [-0.05, 0) is 31.2 Å². The number of carbonyl (C=O) groups is 1. The molecule has 1 aromatic carbocycles. The lowest BCUT2D eigenvalue weighted by Gasteiger charge is -2.05. The summed E-state index contributed by atoms with van der Waals surface area (Å²) >= 11 is 0. The fourth-order valence-electron chi connectivity index (χ4n) is 0.716. The molecular weight excluding hydrogens is 172 g/mol. The molecule has 0 amide bonds. The van der Waals surface area contributed by atoms with Gasteiger partial charge >= 0.3 is 5.97 Å². The minimum Gasteiger partial charge on any atom is -0.508 e. The fraction of sp³-hybridized carbons (Fsp3) is 0.222. The fourth-order valence-corrected chi connectivity index (χ4v) is 0.716. The maximum atomic E-state index is 10.9. The van der Waals surface area contributed by atoms with Crippen LogP contribution in [0.25, 0.3) is 0 Å². The third-order valence-corrected chi connectivity index (χ3v) is 1.40. The van der Waals surface area contributed by atoms with Gasteiger partial charge in [-0.15, -0.1) is 0 Å². The molecule has 0 spiro atoms. The highest BCUT2D eigenvalue weighted by molar-refractivity contribution is 5.76. The zero-order valence-electron chi connectivity index (χ0n) is 7.10. The zero-order chi connectivity index (χ0) is 9.84. The molecule has 0 aromatic heterocycles. The largest absolute Gasteiger partial charge is 0.508 e. The Morgan fingerprint density at radius 3 is 2.38 bits per heavy atom. The van der Waals surface area contributed by atoms with E-state index in [-0.39, 0.29) is 5.75 Å². The maximum absolute atomic E-state index is 10.9. The van der Waals surface area contributed by atoms with Gasteiger partial charge in [0.05, 0.1) is 0 Å². The first-order chi connectivity index (χ1) is 6.09. The second-order valence-corrected chi connectivity index (χ2v) is 2.59. The third-order valence-electron chi connectivity index (χ3n) is 1.40. The number of rotatable bonds is 2. The monoisotopic (exact) mass is 182 g/mol. The second-order valence-electron chi connectivity index (χ2n) is 2.59. The Morgan fingerprint density at radius 2 is 1.92 bits per heavy atom. The van der Waals surface area contributed by atoms with Crippen LogP contribution in [-0.4, -0.2) is 22.3 Å². The summed E-state index contributed by atoms with van der Waals surface area (Å²) in [5, 5.41) is 17.7. The van der Waals surface area contributed by atoms with Crippen LogP contribution in [0.3, 0.4) is 0 Å². The number of phenolic OH excluding ortho intramolecular Hbond substituents is 1. The van der Waals surface area contributed by atoms with Gasteiger partial charge in [0.1, 0.15) is 17.6 Å². The molecule has 0 saturated carbocycles. The molecule has 1 rings (SSSR count). The van der Waals surface area contributed by atoms with Crippen molar-refractivity contribution in [3.8, 4) is 11.5 Å². The molecule has 2 N–H and O–H groups in total. The predicted molar refractivity (Wildman–Crippen MR) is 45.4 cm³/mol. The van der Waals surface area contributed by atoms with Gasteiger partial charge in [-0.1, -0.05) is 0 Å². The normalized spacial score (nSPS) is 12.2. The molecule has 0 saturated heterocycles. The number of aliphatic hydroxyl groups is 1. The van der Waals surface area contributed by atoms with E-state index < -0.39 is 12.1 Å². The minimum atomic E-state index is -1.14. The van der Waals surface area contributed by atoms with E-state index in [0.29, 0.717) is 5.75 Å². The highest BCUT2D eigenvalue weighted by atomic mass is 16.5. The number of esters is 1. The van der Waals surface area contributed by atoms with Crippen molar-refractivity contribution in [1.29, 1.82) is 0 Å². The second kappa shape index (κ2) is 3.91. The quantitative estimate of drug-likeness (QED) is 0.521. The number of hydrogen-bond acceptors (Lipinski definition) is 4. The molecule has 70 valence electrons. The smallest absolute Gasteiger partial charge is 0.340 e. The highest BCUT2D eigenvalue weighted by Gasteiger charge is 2.10. The molecule has 1 aromatic rings. The summed E-state index contributed by atoms with van der Waals surface area (Å²) in [4.78, 5) is 10.9. The van der Waals surface area contributed by atoms with Crippen LogP contribution >= 0.6 is 0 Å². The van der Waals surface area contributed by atoms with Crippen LogP contribution in [0.15, 0.2) is 24.3 Å². The SMILES string of the molecule is C[C@H](O)C(=O)Oc1ccc(O)cc1. The van der Waals surface area contributed by atoms with Crippen molar-refractivity contribution < 1.29 is 19.7 Å². The summed E-state index contributed by atoms with van der Waals surface area (Å²) in [5.74, 6) is -0.328. The number of benzene rings is 1. The summed E-state index contributed by atoms with van der Waals surface area (Å²) < 4.78 is 4.73. The Labute approximate surface area is 75.4 Å². The van der Waals surface area contributed by atoms with Crippen molar-refractivity contribution in [2.45, 2.75) is 13.0 Å². The molecule has 1 atom stereocenters. The van der Waals surface area contributed by atoms with E-state index in [1.165, 1.54) is 31.2 Å². The Kier molecular flexibility index (Phi) is 2.87. The molecule has 0 bridgehead atoms. The summed E-state index contributed by atoms with van der Waals surface area (Å²) in [6.45, 7) is 1.32. The van der Waals surface area contributed by atoms with Crippen molar-refractivity contribution in [2.75, 3.05) is 0 Å². The lowest BCUT2D eigenvalue weighted by Crippen LogP contribution is -2.21. The number of ether oxygens (including phenoxy) is 1. The third kappa shape index (κ3) is 2.76. The number of aliphatic hydroxyl groups excluding tert-OH is 1. The van der Waals surface area contributed by atoms with E-state index in [9.17, 15) is 4.79 Å². The first-order valence-corrected chi connectivity index (χ1v) is 3.78. The van der Waals surface area contributed by atoms with E-state index in [1.807, 2.05) is 0 Å². The molecule has 4 nitrogen and oxygen atoms in total. The van der Waals surface area contributed by atoms with Gasteiger partial charge in [-0.3, -0.25) is 0 Å². The van der Waals surface area contributed by atoms with Gasteiger partial charge in [-0.25, -0.2) is 4.79 Å². The molecule has 0 aliphatic carbocycles. The van der Waals surface area contributed by atoms with Crippen LogP contribution in [0.2, 0.25) is 0 Å². The molecule has 0 aliphatic heterocycles. The highest BCUT2D eigenvalue weighted by Crippen LogP contribution is 2.16. The van der Waals surface area contributed by atoms with Crippen molar-refractivity contribution >= 4 is 5.97 Å². The molecule has 0 fully saturated rings. The van der Waals surface area contributed by atoms with Crippen LogP contribution < -0.4 is 4.74 Å². The molecule has 4 heteroatoms. The molecule has 0 unspecified atom stereocenters. The van der Waals surface area contributed by atoms with Gasteiger partial charge in [0.15, 0.2) is 0 Å². The zero-order valence-corrected chi connectivity index (χ0v) is 7.10. The number of phenols is 1. The van der Waals surface area contributed by atoms with Crippen molar-refractivity contribution in [3.63, 3.8) is 0 Å². The first kappa shape index (κ1) is 9.54. The van der Waals surface area contributed by atoms with Gasteiger partial charge in [0.2, 0.25) is 0 Å². The van der Waals surface area contributed by atoms with Crippen LogP contribution in [0.4, 0.5) is 0 Å². The summed E-state index contributed by atoms with van der Waals surface area (Å²) in [6.07, 6.45) is -1.14. The number of carbonyl (C=O) groups excluding carboxylic acids is 1. The van der Waals surface area contributed by atoms with Gasteiger partial charge in [-0.2, -0.15) is 0 Å². The molecule has 0 radical (unpaired) electrons. The summed E-state index contributed by atoms with van der Waals surface area (Å²) in [5.41, 5.74) is 0. The van der Waals surface area contributed by atoms with Gasteiger partial charge in [0, 0.05) is 0 Å². The molecule has 13 heavy (non-hydrogen) atoms. The van der Waals surface area contributed by atoms with E-state index in [0.717, 1.165) is 0 Å². The topological polar surface area (TPSA) is 66.8 Å². The Bertz CT molecular complexity index is 289. The number of aromatic hydroxyl groups is 1. The lowest BCUT2D eigenvalue weighted by molar-refractivity contribution is -0.142. The molecular formula is C9H10O4. The van der Waals surface area contributed by atoms with Gasteiger partial charge < -0.3 is 14.9 Å². The van der Waals surface area contributed by atoms with E-state index >= 15 is 0 Å². The summed E-state index contributed by atoms with van der Waals surface area (Å²) in [7, 11) is 0. The van der Waals surface area contributed by atoms with E-state index in [2.05, 4.69) is 0 Å². The first-order valence-electron chi connectivity index (χ1n) is 3.78. The Morgan fingerprint density at radius 1 is 1.38 bits per heavy atom. The minimum absolute atomic E-state index is 0.0943. The van der Waals surface area contributed by atoms with Crippen LogP contribution in [-0.2, 0) is 4.79 Å².